The number of carbonyl (C=O) groups is 1. The first kappa shape index (κ1) is 15.3. The van der Waals surface area contributed by atoms with Gasteiger partial charge < -0.3 is 15.0 Å². The van der Waals surface area contributed by atoms with Crippen molar-refractivity contribution in [2.24, 2.45) is 0 Å². The van der Waals surface area contributed by atoms with Gasteiger partial charge in [-0.05, 0) is 18.1 Å². The minimum Gasteiger partial charge on any atom is -0.377 e. The number of carbonyl (C=O) groups excluding carboxylic acids is 1. The van der Waals surface area contributed by atoms with Crippen molar-refractivity contribution in [3.05, 3.63) is 53.6 Å². The fourth-order valence-corrected chi connectivity index (χ4v) is 2.03. The first-order valence-electron chi connectivity index (χ1n) is 7.19. The zero-order valence-corrected chi connectivity index (χ0v) is 12.3. The molecule has 0 unspecified atom stereocenters. The number of hydrogen-bond donors (Lipinski definition) is 2. The standard InChI is InChI=1S/C16H21N3O2/c1-2-21-12-14-6-4-3-5-13(14)11-19-16(20)8-7-15-17-9-10-18-15/h3-6,9-10H,2,7-8,11-12H2,1H3,(H,17,18)(H,19,20). The highest BCUT2D eigenvalue weighted by Gasteiger charge is 2.06. The van der Waals surface area contributed by atoms with Crippen molar-refractivity contribution in [2.75, 3.05) is 6.61 Å². The molecule has 0 saturated carbocycles. The number of aryl methyl sites for hydroxylation is 1. The highest BCUT2D eigenvalue weighted by atomic mass is 16.5. The topological polar surface area (TPSA) is 67.0 Å². The molecule has 0 radical (unpaired) electrons. The Morgan fingerprint density at radius 2 is 2.14 bits per heavy atom. The van der Waals surface area contributed by atoms with Crippen LogP contribution in [0, 0.1) is 0 Å². The molecule has 0 atom stereocenters. The Labute approximate surface area is 124 Å². The lowest BCUT2D eigenvalue weighted by molar-refractivity contribution is -0.121. The summed E-state index contributed by atoms with van der Waals surface area (Å²) in [5.41, 5.74) is 2.21. The third-order valence-corrected chi connectivity index (χ3v) is 3.20. The average molecular weight is 287 g/mol. The predicted octanol–water partition coefficient (Wildman–Crippen LogP) is 2.20. The van der Waals surface area contributed by atoms with E-state index in [4.69, 9.17) is 4.74 Å². The smallest absolute Gasteiger partial charge is 0.220 e. The summed E-state index contributed by atoms with van der Waals surface area (Å²) in [7, 11) is 0. The van der Waals surface area contributed by atoms with E-state index < -0.39 is 0 Å². The van der Waals surface area contributed by atoms with E-state index in [0.29, 0.717) is 32.6 Å². The summed E-state index contributed by atoms with van der Waals surface area (Å²) >= 11 is 0. The molecule has 2 N–H and O–H groups in total. The molecule has 1 heterocycles. The number of H-pyrrole nitrogens is 1. The second-order valence-corrected chi connectivity index (χ2v) is 4.72. The molecular weight excluding hydrogens is 266 g/mol. The molecule has 0 bridgehead atoms. The maximum Gasteiger partial charge on any atom is 0.220 e. The Bertz CT molecular complexity index is 552. The van der Waals surface area contributed by atoms with Crippen LogP contribution in [0.5, 0.6) is 0 Å². The molecule has 1 amide bonds. The first-order valence-corrected chi connectivity index (χ1v) is 7.19. The van der Waals surface area contributed by atoms with Crippen LogP contribution in [0.3, 0.4) is 0 Å². The van der Waals surface area contributed by atoms with Gasteiger partial charge in [0.05, 0.1) is 6.61 Å². The summed E-state index contributed by atoms with van der Waals surface area (Å²) in [5, 5.41) is 2.94. The number of imidazole rings is 1. The zero-order valence-electron chi connectivity index (χ0n) is 12.3. The van der Waals surface area contributed by atoms with Gasteiger partial charge in [-0.1, -0.05) is 24.3 Å². The Morgan fingerprint density at radius 3 is 2.86 bits per heavy atom. The minimum absolute atomic E-state index is 0.0256. The summed E-state index contributed by atoms with van der Waals surface area (Å²) < 4.78 is 5.44. The monoisotopic (exact) mass is 287 g/mol. The van der Waals surface area contributed by atoms with Gasteiger partial charge in [-0.3, -0.25) is 4.79 Å². The Kier molecular flexibility index (Phi) is 5.97. The molecule has 21 heavy (non-hydrogen) atoms. The molecule has 1 aromatic carbocycles. The van der Waals surface area contributed by atoms with Gasteiger partial charge in [-0.25, -0.2) is 4.98 Å². The molecule has 0 aliphatic carbocycles. The number of hydrogen-bond acceptors (Lipinski definition) is 3. The number of aromatic nitrogens is 2. The number of ether oxygens (including phenoxy) is 1. The van der Waals surface area contributed by atoms with Gasteiger partial charge in [-0.2, -0.15) is 0 Å². The maximum atomic E-state index is 11.9. The summed E-state index contributed by atoms with van der Waals surface area (Å²) in [6, 6.07) is 8.00. The van der Waals surface area contributed by atoms with Crippen LogP contribution in [0.2, 0.25) is 0 Å². The van der Waals surface area contributed by atoms with Crippen molar-refractivity contribution in [3.8, 4) is 0 Å². The molecule has 0 aliphatic heterocycles. The minimum atomic E-state index is 0.0256. The highest BCUT2D eigenvalue weighted by Crippen LogP contribution is 2.10. The summed E-state index contributed by atoms with van der Waals surface area (Å²) in [4.78, 5) is 18.9. The number of nitrogens with one attached hydrogen (secondary N) is 2. The van der Waals surface area contributed by atoms with Gasteiger partial charge in [-0.15, -0.1) is 0 Å². The molecule has 5 nitrogen and oxygen atoms in total. The predicted molar refractivity (Wildman–Crippen MR) is 80.5 cm³/mol. The van der Waals surface area contributed by atoms with Crippen LogP contribution in [-0.4, -0.2) is 22.5 Å². The van der Waals surface area contributed by atoms with E-state index in [1.54, 1.807) is 12.4 Å². The molecule has 0 spiro atoms. The summed E-state index contributed by atoms with van der Waals surface area (Å²) in [6.45, 7) is 3.76. The number of amides is 1. The van der Waals surface area contributed by atoms with Gasteiger partial charge in [0.2, 0.25) is 5.91 Å². The van der Waals surface area contributed by atoms with Crippen molar-refractivity contribution in [1.82, 2.24) is 15.3 Å². The first-order chi connectivity index (χ1) is 10.3. The van der Waals surface area contributed by atoms with Crippen LogP contribution in [0.15, 0.2) is 36.7 Å². The zero-order chi connectivity index (χ0) is 14.9. The van der Waals surface area contributed by atoms with Crippen LogP contribution < -0.4 is 5.32 Å². The van der Waals surface area contributed by atoms with Gasteiger partial charge in [0, 0.05) is 38.4 Å². The van der Waals surface area contributed by atoms with Crippen molar-refractivity contribution < 1.29 is 9.53 Å². The summed E-state index contributed by atoms with van der Waals surface area (Å²) in [5.74, 6) is 0.861. The molecule has 2 rings (SSSR count). The average Bonchev–Trinajstić information content (AvgIpc) is 3.03. The molecule has 0 fully saturated rings. The maximum absolute atomic E-state index is 11.9. The van der Waals surface area contributed by atoms with E-state index in [1.165, 1.54) is 0 Å². The third-order valence-electron chi connectivity index (χ3n) is 3.20. The van der Waals surface area contributed by atoms with Crippen molar-refractivity contribution in [2.45, 2.75) is 32.9 Å². The van der Waals surface area contributed by atoms with Gasteiger partial charge in [0.15, 0.2) is 0 Å². The van der Waals surface area contributed by atoms with Crippen LogP contribution in [0.1, 0.15) is 30.3 Å². The van der Waals surface area contributed by atoms with Gasteiger partial charge in [0.1, 0.15) is 5.82 Å². The molecule has 5 heteroatoms. The van der Waals surface area contributed by atoms with E-state index in [9.17, 15) is 4.79 Å². The molecule has 0 aliphatic rings. The Morgan fingerprint density at radius 1 is 1.33 bits per heavy atom. The van der Waals surface area contributed by atoms with Crippen molar-refractivity contribution in [1.29, 1.82) is 0 Å². The van der Waals surface area contributed by atoms with E-state index in [1.807, 2.05) is 31.2 Å². The van der Waals surface area contributed by atoms with E-state index >= 15 is 0 Å². The lowest BCUT2D eigenvalue weighted by Gasteiger charge is -2.10. The van der Waals surface area contributed by atoms with E-state index in [-0.39, 0.29) is 5.91 Å². The molecule has 112 valence electrons. The van der Waals surface area contributed by atoms with E-state index in [0.717, 1.165) is 17.0 Å². The number of nitrogens with zero attached hydrogens (tertiary/aromatic N) is 1. The second kappa shape index (κ2) is 8.21. The normalized spacial score (nSPS) is 10.5. The fraction of sp³-hybridized carbons (Fsp3) is 0.375. The molecule has 0 saturated heterocycles. The van der Waals surface area contributed by atoms with E-state index in [2.05, 4.69) is 15.3 Å². The number of rotatable bonds is 8. The fourth-order valence-electron chi connectivity index (χ4n) is 2.03. The SMILES string of the molecule is CCOCc1ccccc1CNC(=O)CCc1ncc[nH]1. The molecular formula is C16H21N3O2. The Balaban J connectivity index is 1.80. The lowest BCUT2D eigenvalue weighted by atomic mass is 10.1. The number of benzene rings is 1. The largest absolute Gasteiger partial charge is 0.377 e. The summed E-state index contributed by atoms with van der Waals surface area (Å²) in [6.07, 6.45) is 4.51. The van der Waals surface area contributed by atoms with Crippen LogP contribution in [-0.2, 0) is 29.1 Å². The van der Waals surface area contributed by atoms with Crippen LogP contribution >= 0.6 is 0 Å². The van der Waals surface area contributed by atoms with Gasteiger partial charge >= 0.3 is 0 Å². The Hall–Kier alpha value is -2.14. The molecule has 2 aromatic rings. The highest BCUT2D eigenvalue weighted by molar-refractivity contribution is 5.76. The quantitative estimate of drug-likeness (QED) is 0.782. The molecule has 1 aromatic heterocycles. The second-order valence-electron chi connectivity index (χ2n) is 4.72. The van der Waals surface area contributed by atoms with Crippen molar-refractivity contribution >= 4 is 5.91 Å². The third kappa shape index (κ3) is 5.04. The van der Waals surface area contributed by atoms with Crippen LogP contribution in [0.4, 0.5) is 0 Å². The van der Waals surface area contributed by atoms with Crippen LogP contribution in [0.25, 0.3) is 0 Å². The van der Waals surface area contributed by atoms with Crippen molar-refractivity contribution in [3.63, 3.8) is 0 Å². The number of aromatic amines is 1. The lowest BCUT2D eigenvalue weighted by Crippen LogP contribution is -2.23. The van der Waals surface area contributed by atoms with Gasteiger partial charge in [0.25, 0.3) is 0 Å².